The van der Waals surface area contributed by atoms with Crippen LogP contribution in [0.5, 0.6) is 0 Å². The van der Waals surface area contributed by atoms with Crippen LogP contribution in [0.25, 0.3) is 28.1 Å². The molecule has 0 amide bonds. The van der Waals surface area contributed by atoms with Crippen LogP contribution < -0.4 is 5.56 Å². The van der Waals surface area contributed by atoms with Gasteiger partial charge in [0, 0.05) is 25.6 Å². The molecule has 0 aliphatic carbocycles. The minimum atomic E-state index is -0.411. The van der Waals surface area contributed by atoms with Crippen molar-refractivity contribution in [3.63, 3.8) is 0 Å². The summed E-state index contributed by atoms with van der Waals surface area (Å²) in [5.74, 6) is 0. The molecule has 1 N–H and O–H groups in total. The number of H-pyrrole nitrogens is 1. The van der Waals surface area contributed by atoms with Crippen molar-refractivity contribution < 1.29 is 0 Å². The first kappa shape index (κ1) is 13.6. The lowest BCUT2D eigenvalue weighted by Gasteiger charge is -2.09. The van der Waals surface area contributed by atoms with E-state index >= 15 is 0 Å². The van der Waals surface area contributed by atoms with E-state index in [0.29, 0.717) is 28.1 Å². The highest BCUT2D eigenvalue weighted by molar-refractivity contribution is 6.29. The Balaban J connectivity index is 2.13. The molecule has 0 aromatic carbocycles. The molecule has 23 heavy (non-hydrogen) atoms. The second-order valence-electron chi connectivity index (χ2n) is 4.90. The smallest absolute Gasteiger partial charge is 0.285 e. The van der Waals surface area contributed by atoms with E-state index in [-0.39, 0.29) is 5.15 Å². The normalized spacial score (nSPS) is 11.2. The van der Waals surface area contributed by atoms with E-state index in [9.17, 15) is 4.79 Å². The lowest BCUT2D eigenvalue weighted by Crippen LogP contribution is -2.20. The Morgan fingerprint density at radius 2 is 2.17 bits per heavy atom. The van der Waals surface area contributed by atoms with Crippen molar-refractivity contribution in [1.29, 1.82) is 0 Å². The average Bonchev–Trinajstić information content (AvgIpc) is 3.20. The summed E-state index contributed by atoms with van der Waals surface area (Å²) in [4.78, 5) is 21.0. The third kappa shape index (κ3) is 2.11. The summed E-state index contributed by atoms with van der Waals surface area (Å²) < 4.78 is 3.08. The fourth-order valence-electron chi connectivity index (χ4n) is 2.44. The molecular weight excluding hydrogens is 318 g/mol. The second-order valence-corrected chi connectivity index (χ2v) is 5.26. The molecule has 9 heteroatoms. The van der Waals surface area contributed by atoms with Crippen molar-refractivity contribution in [2.24, 2.45) is 7.05 Å². The summed E-state index contributed by atoms with van der Waals surface area (Å²) in [7, 11) is 1.77. The zero-order valence-electron chi connectivity index (χ0n) is 11.9. The minimum absolute atomic E-state index is 0.133. The van der Waals surface area contributed by atoms with Gasteiger partial charge in [0.25, 0.3) is 5.56 Å². The van der Waals surface area contributed by atoms with Gasteiger partial charge in [0.2, 0.25) is 0 Å². The fraction of sp³-hybridized carbons (Fsp3) is 0.0714. The number of nitrogens with zero attached hydrogens (tertiary/aromatic N) is 6. The van der Waals surface area contributed by atoms with Gasteiger partial charge in [-0.2, -0.15) is 10.2 Å². The summed E-state index contributed by atoms with van der Waals surface area (Å²) in [6.07, 6.45) is 6.61. The maximum atomic E-state index is 12.5. The van der Waals surface area contributed by atoms with Gasteiger partial charge in [-0.25, -0.2) is 4.98 Å². The molecule has 4 aromatic heterocycles. The van der Waals surface area contributed by atoms with Crippen molar-refractivity contribution in [3.05, 3.63) is 52.4 Å². The van der Waals surface area contributed by atoms with Crippen LogP contribution in [0.2, 0.25) is 5.15 Å². The number of nitrogens with one attached hydrogen (secondary N) is 1. The molecule has 4 aromatic rings. The molecule has 4 heterocycles. The van der Waals surface area contributed by atoms with Crippen LogP contribution in [-0.2, 0) is 7.05 Å². The van der Waals surface area contributed by atoms with Crippen molar-refractivity contribution >= 4 is 22.6 Å². The third-order valence-electron chi connectivity index (χ3n) is 3.43. The SMILES string of the molecule is Cn1cc(-n2c(=O)c(Cl)nc3c(-c4cc[nH]n4)nccc32)cn1. The van der Waals surface area contributed by atoms with Gasteiger partial charge >= 0.3 is 0 Å². The summed E-state index contributed by atoms with van der Waals surface area (Å²) in [6.45, 7) is 0. The van der Waals surface area contributed by atoms with Crippen molar-refractivity contribution in [2.45, 2.75) is 0 Å². The Kier molecular flexibility index (Phi) is 2.98. The molecule has 0 bridgehead atoms. The van der Waals surface area contributed by atoms with Crippen LogP contribution in [0.15, 0.2) is 41.7 Å². The molecule has 0 saturated carbocycles. The molecule has 0 atom stereocenters. The zero-order valence-corrected chi connectivity index (χ0v) is 12.7. The first-order valence-corrected chi connectivity index (χ1v) is 7.09. The number of aromatic nitrogens is 7. The molecule has 4 rings (SSSR count). The van der Waals surface area contributed by atoms with E-state index in [1.165, 1.54) is 4.57 Å². The van der Waals surface area contributed by atoms with E-state index in [1.807, 2.05) is 0 Å². The number of fused-ring (bicyclic) bond motifs is 1. The molecule has 0 radical (unpaired) electrons. The topological polar surface area (TPSA) is 94.3 Å². The molecule has 0 aliphatic heterocycles. The van der Waals surface area contributed by atoms with Crippen molar-refractivity contribution in [1.82, 2.24) is 34.5 Å². The number of halogens is 1. The predicted molar refractivity (Wildman–Crippen MR) is 84.5 cm³/mol. The Hall–Kier alpha value is -3.00. The summed E-state index contributed by atoms with van der Waals surface area (Å²) in [6, 6.07) is 3.49. The Bertz CT molecular complexity index is 1060. The first-order valence-electron chi connectivity index (χ1n) is 6.71. The van der Waals surface area contributed by atoms with E-state index in [1.54, 1.807) is 48.6 Å². The lowest BCUT2D eigenvalue weighted by atomic mass is 10.2. The molecule has 0 saturated heterocycles. The van der Waals surface area contributed by atoms with Gasteiger partial charge in [0.15, 0.2) is 5.15 Å². The quantitative estimate of drug-likeness (QED) is 0.603. The van der Waals surface area contributed by atoms with Crippen molar-refractivity contribution in [2.75, 3.05) is 0 Å². The van der Waals surface area contributed by atoms with E-state index in [0.717, 1.165) is 0 Å². The highest BCUT2D eigenvalue weighted by Gasteiger charge is 2.17. The molecule has 0 spiro atoms. The summed E-state index contributed by atoms with van der Waals surface area (Å²) >= 11 is 6.06. The van der Waals surface area contributed by atoms with Gasteiger partial charge < -0.3 is 0 Å². The van der Waals surface area contributed by atoms with Gasteiger partial charge in [-0.1, -0.05) is 11.6 Å². The monoisotopic (exact) mass is 327 g/mol. The standard InChI is InChI=1S/C14H10ClN7O/c1-21-7-8(6-18-21)22-10-3-4-16-11(9-2-5-17-20-9)12(10)19-13(15)14(22)23/h2-7H,1H3,(H,17,20). The molecule has 0 fully saturated rings. The van der Waals surface area contributed by atoms with Crippen LogP contribution in [-0.4, -0.2) is 34.5 Å². The van der Waals surface area contributed by atoms with Gasteiger partial charge in [-0.15, -0.1) is 0 Å². The number of hydrogen-bond donors (Lipinski definition) is 1. The van der Waals surface area contributed by atoms with Gasteiger partial charge in [-0.05, 0) is 12.1 Å². The molecule has 0 unspecified atom stereocenters. The lowest BCUT2D eigenvalue weighted by molar-refractivity contribution is 0.767. The highest BCUT2D eigenvalue weighted by atomic mass is 35.5. The second kappa shape index (κ2) is 5.03. The Morgan fingerprint density at radius 3 is 2.87 bits per heavy atom. The predicted octanol–water partition coefficient (Wildman–Crippen LogP) is 1.56. The fourth-order valence-corrected chi connectivity index (χ4v) is 2.61. The zero-order chi connectivity index (χ0) is 16.0. The van der Waals surface area contributed by atoms with Crippen LogP contribution >= 0.6 is 11.6 Å². The summed E-state index contributed by atoms with van der Waals surface area (Å²) in [5.41, 5.74) is 2.43. The molecule has 8 nitrogen and oxygen atoms in total. The van der Waals surface area contributed by atoms with Crippen LogP contribution in [0.4, 0.5) is 0 Å². The van der Waals surface area contributed by atoms with E-state index in [2.05, 4.69) is 25.3 Å². The maximum Gasteiger partial charge on any atom is 0.293 e. The average molecular weight is 328 g/mol. The van der Waals surface area contributed by atoms with Crippen LogP contribution in [0.1, 0.15) is 0 Å². The van der Waals surface area contributed by atoms with Crippen LogP contribution in [0.3, 0.4) is 0 Å². The number of rotatable bonds is 2. The number of hydrogen-bond acceptors (Lipinski definition) is 5. The maximum absolute atomic E-state index is 12.5. The summed E-state index contributed by atoms with van der Waals surface area (Å²) in [5, 5.41) is 10.8. The van der Waals surface area contributed by atoms with Crippen LogP contribution in [0, 0.1) is 0 Å². The van der Waals surface area contributed by atoms with Crippen molar-refractivity contribution in [3.8, 4) is 17.1 Å². The highest BCUT2D eigenvalue weighted by Crippen LogP contribution is 2.24. The molecule has 114 valence electrons. The third-order valence-corrected chi connectivity index (χ3v) is 3.67. The van der Waals surface area contributed by atoms with Gasteiger partial charge in [0.1, 0.15) is 16.9 Å². The van der Waals surface area contributed by atoms with E-state index < -0.39 is 5.56 Å². The Morgan fingerprint density at radius 1 is 1.30 bits per heavy atom. The Labute approximate surface area is 134 Å². The van der Waals surface area contributed by atoms with Gasteiger partial charge in [0.05, 0.1) is 17.4 Å². The minimum Gasteiger partial charge on any atom is -0.285 e. The molecular formula is C14H10ClN7O. The first-order chi connectivity index (χ1) is 11.1. The number of aryl methyl sites for hydroxylation is 1. The number of aromatic amines is 1. The molecule has 0 aliphatic rings. The van der Waals surface area contributed by atoms with E-state index in [4.69, 9.17) is 11.6 Å². The number of pyridine rings is 1. The largest absolute Gasteiger partial charge is 0.293 e. The van der Waals surface area contributed by atoms with Gasteiger partial charge in [-0.3, -0.25) is 24.1 Å².